The van der Waals surface area contributed by atoms with Crippen LogP contribution < -0.4 is 10.1 Å². The number of hydrogen-bond acceptors (Lipinski definition) is 3. The van der Waals surface area contributed by atoms with E-state index in [-0.39, 0.29) is 11.3 Å². The average Bonchev–Trinajstić information content (AvgIpc) is 2.54. The number of halogens is 2. The SMILES string of the molecule is COc1ccc(C(=O)NC(C)C(O)c2ccc(F)cc2)cc1F. The second-order valence-electron chi connectivity index (χ2n) is 5.11. The summed E-state index contributed by atoms with van der Waals surface area (Å²) < 4.78 is 31.3. The number of aliphatic hydroxyl groups is 1. The molecule has 122 valence electrons. The van der Waals surface area contributed by atoms with Crippen LogP contribution in [-0.4, -0.2) is 24.2 Å². The molecule has 2 aromatic carbocycles. The summed E-state index contributed by atoms with van der Waals surface area (Å²) in [5.74, 6) is -1.54. The Morgan fingerprint density at radius 3 is 2.39 bits per heavy atom. The molecule has 23 heavy (non-hydrogen) atoms. The lowest BCUT2D eigenvalue weighted by Crippen LogP contribution is -2.37. The van der Waals surface area contributed by atoms with Gasteiger partial charge in [0.1, 0.15) is 5.82 Å². The predicted octanol–water partition coefficient (Wildman–Crippen LogP) is 2.83. The van der Waals surface area contributed by atoms with Gasteiger partial charge in [0, 0.05) is 5.56 Å². The fourth-order valence-electron chi connectivity index (χ4n) is 2.13. The van der Waals surface area contributed by atoms with Crippen LogP contribution >= 0.6 is 0 Å². The van der Waals surface area contributed by atoms with Crippen LogP contribution in [-0.2, 0) is 0 Å². The van der Waals surface area contributed by atoms with E-state index >= 15 is 0 Å². The van der Waals surface area contributed by atoms with Crippen LogP contribution in [0.2, 0.25) is 0 Å². The van der Waals surface area contributed by atoms with E-state index in [4.69, 9.17) is 4.74 Å². The number of rotatable bonds is 5. The summed E-state index contributed by atoms with van der Waals surface area (Å²) in [6.07, 6.45) is -1.01. The fraction of sp³-hybridized carbons (Fsp3) is 0.235. The van der Waals surface area contributed by atoms with Crippen LogP contribution in [0.5, 0.6) is 5.75 Å². The van der Waals surface area contributed by atoms with Crippen LogP contribution in [0.4, 0.5) is 8.78 Å². The van der Waals surface area contributed by atoms with Gasteiger partial charge in [0.2, 0.25) is 0 Å². The first-order valence-electron chi connectivity index (χ1n) is 7.00. The zero-order valence-electron chi connectivity index (χ0n) is 12.7. The average molecular weight is 321 g/mol. The van der Waals surface area contributed by atoms with Crippen LogP contribution in [0, 0.1) is 11.6 Å². The fourth-order valence-corrected chi connectivity index (χ4v) is 2.13. The van der Waals surface area contributed by atoms with Crippen molar-refractivity contribution in [2.45, 2.75) is 19.1 Å². The summed E-state index contributed by atoms with van der Waals surface area (Å²) in [6.45, 7) is 1.60. The van der Waals surface area contributed by atoms with Gasteiger partial charge in [-0.3, -0.25) is 4.79 Å². The van der Waals surface area contributed by atoms with Gasteiger partial charge in [-0.25, -0.2) is 8.78 Å². The van der Waals surface area contributed by atoms with Crippen molar-refractivity contribution in [1.82, 2.24) is 5.32 Å². The molecule has 0 saturated heterocycles. The Morgan fingerprint density at radius 1 is 1.17 bits per heavy atom. The zero-order chi connectivity index (χ0) is 17.0. The second kappa shape index (κ2) is 7.19. The lowest BCUT2D eigenvalue weighted by Gasteiger charge is -2.20. The van der Waals surface area contributed by atoms with Crippen molar-refractivity contribution in [1.29, 1.82) is 0 Å². The molecule has 0 saturated carbocycles. The molecule has 0 fully saturated rings. The lowest BCUT2D eigenvalue weighted by molar-refractivity contribution is 0.0851. The van der Waals surface area contributed by atoms with Crippen LogP contribution in [0.3, 0.4) is 0 Å². The van der Waals surface area contributed by atoms with Crippen molar-refractivity contribution >= 4 is 5.91 Å². The number of nitrogens with one attached hydrogen (secondary N) is 1. The Balaban J connectivity index is 2.06. The number of amides is 1. The van der Waals surface area contributed by atoms with E-state index in [1.54, 1.807) is 6.92 Å². The molecule has 0 bridgehead atoms. The normalized spacial score (nSPS) is 13.3. The molecular weight excluding hydrogens is 304 g/mol. The molecule has 2 aromatic rings. The molecule has 2 unspecified atom stereocenters. The topological polar surface area (TPSA) is 58.6 Å². The molecule has 0 aliphatic carbocycles. The molecule has 0 spiro atoms. The second-order valence-corrected chi connectivity index (χ2v) is 5.11. The van der Waals surface area contributed by atoms with Crippen LogP contribution in [0.25, 0.3) is 0 Å². The summed E-state index contributed by atoms with van der Waals surface area (Å²) in [6, 6.07) is 8.53. The molecule has 0 aromatic heterocycles. The third-order valence-corrected chi connectivity index (χ3v) is 3.46. The van der Waals surface area contributed by atoms with Gasteiger partial charge in [-0.2, -0.15) is 0 Å². The van der Waals surface area contributed by atoms with Crippen LogP contribution in [0.15, 0.2) is 42.5 Å². The Labute approximate surface area is 132 Å². The highest BCUT2D eigenvalue weighted by Crippen LogP contribution is 2.20. The van der Waals surface area contributed by atoms with E-state index in [1.165, 1.54) is 43.5 Å². The summed E-state index contributed by atoms with van der Waals surface area (Å²) >= 11 is 0. The van der Waals surface area contributed by atoms with E-state index in [0.717, 1.165) is 6.07 Å². The third kappa shape index (κ3) is 4.04. The summed E-state index contributed by atoms with van der Waals surface area (Å²) in [5.41, 5.74) is 0.585. The minimum absolute atomic E-state index is 0.0425. The molecule has 6 heteroatoms. The number of methoxy groups -OCH3 is 1. The Morgan fingerprint density at radius 2 is 1.83 bits per heavy atom. The van der Waals surface area contributed by atoms with E-state index < -0.39 is 29.7 Å². The maximum atomic E-state index is 13.6. The van der Waals surface area contributed by atoms with Gasteiger partial charge < -0.3 is 15.2 Å². The molecule has 4 nitrogen and oxygen atoms in total. The molecule has 0 aliphatic heterocycles. The summed E-state index contributed by atoms with van der Waals surface area (Å²) in [4.78, 5) is 12.1. The van der Waals surface area contributed by atoms with Gasteiger partial charge in [0.15, 0.2) is 11.6 Å². The van der Waals surface area contributed by atoms with Gasteiger partial charge in [0.05, 0.1) is 19.3 Å². The summed E-state index contributed by atoms with van der Waals surface area (Å²) in [7, 11) is 1.33. The van der Waals surface area contributed by atoms with E-state index in [2.05, 4.69) is 5.32 Å². The molecule has 1 amide bonds. The molecule has 0 heterocycles. The van der Waals surface area contributed by atoms with Crippen molar-refractivity contribution in [3.8, 4) is 5.75 Å². The van der Waals surface area contributed by atoms with Gasteiger partial charge in [-0.15, -0.1) is 0 Å². The van der Waals surface area contributed by atoms with Gasteiger partial charge >= 0.3 is 0 Å². The standard InChI is InChI=1S/C17H17F2NO3/c1-10(16(21)11-3-6-13(18)7-4-11)20-17(22)12-5-8-15(23-2)14(19)9-12/h3-10,16,21H,1-2H3,(H,20,22). The van der Waals surface area contributed by atoms with E-state index in [0.29, 0.717) is 5.56 Å². The first-order chi connectivity index (χ1) is 10.9. The number of benzene rings is 2. The predicted molar refractivity (Wildman–Crippen MR) is 81.2 cm³/mol. The van der Waals surface area contributed by atoms with Gasteiger partial charge in [-0.05, 0) is 42.8 Å². The molecule has 0 aliphatic rings. The van der Waals surface area contributed by atoms with Crippen molar-refractivity contribution in [2.24, 2.45) is 0 Å². The van der Waals surface area contributed by atoms with Crippen molar-refractivity contribution in [3.63, 3.8) is 0 Å². The number of carbonyl (C=O) groups is 1. The quantitative estimate of drug-likeness (QED) is 0.890. The zero-order valence-corrected chi connectivity index (χ0v) is 12.7. The lowest BCUT2D eigenvalue weighted by atomic mass is 10.0. The van der Waals surface area contributed by atoms with Crippen molar-refractivity contribution in [2.75, 3.05) is 7.11 Å². The third-order valence-electron chi connectivity index (χ3n) is 3.46. The first kappa shape index (κ1) is 16.9. The minimum Gasteiger partial charge on any atom is -0.494 e. The molecular formula is C17H17F2NO3. The largest absolute Gasteiger partial charge is 0.494 e. The Kier molecular flexibility index (Phi) is 5.28. The molecule has 2 N–H and O–H groups in total. The highest BCUT2D eigenvalue weighted by molar-refractivity contribution is 5.94. The summed E-state index contributed by atoms with van der Waals surface area (Å²) in [5, 5.41) is 12.8. The van der Waals surface area contributed by atoms with Gasteiger partial charge in [-0.1, -0.05) is 12.1 Å². The Hall–Kier alpha value is -2.47. The monoisotopic (exact) mass is 321 g/mol. The number of hydrogen-bond donors (Lipinski definition) is 2. The number of ether oxygens (including phenoxy) is 1. The van der Waals surface area contributed by atoms with Crippen LogP contribution in [0.1, 0.15) is 28.9 Å². The number of carbonyl (C=O) groups excluding carboxylic acids is 1. The molecule has 2 atom stereocenters. The highest BCUT2D eigenvalue weighted by Gasteiger charge is 2.20. The molecule has 0 radical (unpaired) electrons. The smallest absolute Gasteiger partial charge is 0.251 e. The number of aliphatic hydroxyl groups excluding tert-OH is 1. The highest BCUT2D eigenvalue weighted by atomic mass is 19.1. The van der Waals surface area contributed by atoms with Crippen molar-refractivity contribution < 1.29 is 23.4 Å². The van der Waals surface area contributed by atoms with E-state index in [1.807, 2.05) is 0 Å². The van der Waals surface area contributed by atoms with E-state index in [9.17, 15) is 18.7 Å². The minimum atomic E-state index is -1.01. The maximum Gasteiger partial charge on any atom is 0.251 e. The van der Waals surface area contributed by atoms with Gasteiger partial charge in [0.25, 0.3) is 5.91 Å². The maximum absolute atomic E-state index is 13.6. The molecule has 2 rings (SSSR count). The Bertz CT molecular complexity index is 689. The van der Waals surface area contributed by atoms with Crippen molar-refractivity contribution in [3.05, 3.63) is 65.2 Å². The first-order valence-corrected chi connectivity index (χ1v) is 7.00.